The lowest BCUT2D eigenvalue weighted by Crippen LogP contribution is -2.46. The Morgan fingerprint density at radius 2 is 2.04 bits per heavy atom. The van der Waals surface area contributed by atoms with Crippen molar-refractivity contribution in [2.24, 2.45) is 0 Å². The Morgan fingerprint density at radius 3 is 2.83 bits per heavy atom. The molecule has 3 rings (SSSR count). The number of rotatable bonds is 2. The standard InChI is InChI=1S/C19H24N2O3/c1-19(2,3)24-18(22)21-12-6-9-15(13-21)23-16-10-4-7-14-8-5-11-20-17(14)16/h4-5,7-8,10-11,15H,6,9,12-13H2,1-3H3. The van der Waals surface area contributed by atoms with Crippen LogP contribution in [0, 0.1) is 0 Å². The summed E-state index contributed by atoms with van der Waals surface area (Å²) in [6.45, 7) is 6.89. The molecule has 1 aliphatic heterocycles. The normalized spacial score (nSPS) is 18.5. The van der Waals surface area contributed by atoms with Crippen molar-refractivity contribution in [1.82, 2.24) is 9.88 Å². The second-order valence-electron chi connectivity index (χ2n) is 7.14. The average Bonchev–Trinajstić information content (AvgIpc) is 2.54. The molecule has 0 spiro atoms. The highest BCUT2D eigenvalue weighted by Gasteiger charge is 2.28. The van der Waals surface area contributed by atoms with Gasteiger partial charge in [-0.25, -0.2) is 4.79 Å². The lowest BCUT2D eigenvalue weighted by Gasteiger charge is -2.34. The predicted octanol–water partition coefficient (Wildman–Crippen LogP) is 4.01. The van der Waals surface area contributed by atoms with E-state index < -0.39 is 5.60 Å². The third-order valence-electron chi connectivity index (χ3n) is 3.92. The van der Waals surface area contributed by atoms with Gasteiger partial charge in [0.05, 0.1) is 6.54 Å². The quantitative estimate of drug-likeness (QED) is 0.836. The minimum absolute atomic E-state index is 0.0427. The smallest absolute Gasteiger partial charge is 0.410 e. The topological polar surface area (TPSA) is 51.7 Å². The maximum atomic E-state index is 12.3. The minimum atomic E-state index is -0.482. The Kier molecular flexibility index (Phi) is 4.60. The Bertz CT molecular complexity index is 719. The second-order valence-corrected chi connectivity index (χ2v) is 7.14. The average molecular weight is 328 g/mol. The molecule has 1 saturated heterocycles. The van der Waals surface area contributed by atoms with Gasteiger partial charge in [-0.2, -0.15) is 0 Å². The van der Waals surface area contributed by atoms with E-state index >= 15 is 0 Å². The number of likely N-dealkylation sites (tertiary alicyclic amines) is 1. The molecule has 0 aliphatic carbocycles. The first kappa shape index (κ1) is 16.6. The van der Waals surface area contributed by atoms with Gasteiger partial charge in [0.15, 0.2) is 0 Å². The molecule has 1 aromatic carbocycles. The van der Waals surface area contributed by atoms with Gasteiger partial charge in [-0.05, 0) is 45.7 Å². The maximum Gasteiger partial charge on any atom is 0.410 e. The van der Waals surface area contributed by atoms with Crippen LogP contribution in [0.1, 0.15) is 33.6 Å². The summed E-state index contributed by atoms with van der Waals surface area (Å²) in [5.41, 5.74) is 0.374. The first-order chi connectivity index (χ1) is 11.4. The van der Waals surface area contributed by atoms with Crippen LogP contribution in [0.5, 0.6) is 5.75 Å². The number of pyridine rings is 1. The van der Waals surface area contributed by atoms with Gasteiger partial charge < -0.3 is 14.4 Å². The largest absolute Gasteiger partial charge is 0.486 e. The highest BCUT2D eigenvalue weighted by molar-refractivity contribution is 5.84. The number of hydrogen-bond acceptors (Lipinski definition) is 4. The molecular formula is C19H24N2O3. The van der Waals surface area contributed by atoms with E-state index in [9.17, 15) is 4.79 Å². The molecular weight excluding hydrogens is 304 g/mol. The van der Waals surface area contributed by atoms with Gasteiger partial charge in [0.25, 0.3) is 0 Å². The Balaban J connectivity index is 1.70. The number of piperidine rings is 1. The van der Waals surface area contributed by atoms with E-state index in [1.165, 1.54) is 0 Å². The van der Waals surface area contributed by atoms with Crippen molar-refractivity contribution in [3.8, 4) is 5.75 Å². The Morgan fingerprint density at radius 1 is 1.25 bits per heavy atom. The van der Waals surface area contributed by atoms with Crippen molar-refractivity contribution in [2.75, 3.05) is 13.1 Å². The molecule has 1 atom stereocenters. The maximum absolute atomic E-state index is 12.3. The Labute approximate surface area is 142 Å². The number of benzene rings is 1. The number of ether oxygens (including phenoxy) is 2. The third-order valence-corrected chi connectivity index (χ3v) is 3.92. The van der Waals surface area contributed by atoms with Gasteiger partial charge in [0.1, 0.15) is 23.0 Å². The predicted molar refractivity (Wildman–Crippen MR) is 93.2 cm³/mol. The van der Waals surface area contributed by atoms with Gasteiger partial charge in [0, 0.05) is 18.1 Å². The van der Waals surface area contributed by atoms with E-state index in [2.05, 4.69) is 4.98 Å². The van der Waals surface area contributed by atoms with Crippen LogP contribution in [0.4, 0.5) is 4.79 Å². The molecule has 0 saturated carbocycles. The SMILES string of the molecule is CC(C)(C)OC(=O)N1CCCC(Oc2cccc3cccnc23)C1. The summed E-state index contributed by atoms with van der Waals surface area (Å²) < 4.78 is 11.6. The molecule has 1 fully saturated rings. The van der Waals surface area contributed by atoms with Crippen LogP contribution in [0.2, 0.25) is 0 Å². The van der Waals surface area contributed by atoms with Gasteiger partial charge in [-0.1, -0.05) is 18.2 Å². The van der Waals surface area contributed by atoms with E-state index in [0.717, 1.165) is 29.5 Å². The first-order valence-electron chi connectivity index (χ1n) is 8.41. The number of aromatic nitrogens is 1. The minimum Gasteiger partial charge on any atom is -0.486 e. The fourth-order valence-electron chi connectivity index (χ4n) is 2.88. The summed E-state index contributed by atoms with van der Waals surface area (Å²) >= 11 is 0. The molecule has 2 aromatic rings. The lowest BCUT2D eigenvalue weighted by atomic mass is 10.1. The summed E-state index contributed by atoms with van der Waals surface area (Å²) in [7, 11) is 0. The van der Waals surface area contributed by atoms with Crippen molar-refractivity contribution >= 4 is 17.0 Å². The molecule has 128 valence electrons. The van der Waals surface area contributed by atoms with E-state index in [1.54, 1.807) is 11.1 Å². The number of fused-ring (bicyclic) bond motifs is 1. The molecule has 0 bridgehead atoms. The molecule has 5 heteroatoms. The number of carbonyl (C=O) groups excluding carboxylic acids is 1. The van der Waals surface area contributed by atoms with Crippen LogP contribution in [0.15, 0.2) is 36.5 Å². The summed E-state index contributed by atoms with van der Waals surface area (Å²) in [4.78, 5) is 18.4. The van der Waals surface area contributed by atoms with E-state index in [1.807, 2.05) is 51.1 Å². The molecule has 0 radical (unpaired) electrons. The van der Waals surface area contributed by atoms with Gasteiger partial charge in [-0.15, -0.1) is 0 Å². The summed E-state index contributed by atoms with van der Waals surface area (Å²) in [6, 6.07) is 9.85. The van der Waals surface area contributed by atoms with Gasteiger partial charge >= 0.3 is 6.09 Å². The monoisotopic (exact) mass is 328 g/mol. The molecule has 5 nitrogen and oxygen atoms in total. The fraction of sp³-hybridized carbons (Fsp3) is 0.474. The number of para-hydroxylation sites is 1. The molecule has 24 heavy (non-hydrogen) atoms. The number of amides is 1. The molecule has 1 aromatic heterocycles. The van der Waals surface area contributed by atoms with Crippen molar-refractivity contribution in [3.63, 3.8) is 0 Å². The van der Waals surface area contributed by atoms with Crippen LogP contribution in [-0.4, -0.2) is 40.8 Å². The molecule has 1 amide bonds. The van der Waals surface area contributed by atoms with E-state index in [0.29, 0.717) is 13.1 Å². The van der Waals surface area contributed by atoms with Gasteiger partial charge in [-0.3, -0.25) is 4.98 Å². The summed E-state index contributed by atoms with van der Waals surface area (Å²) in [5.74, 6) is 0.768. The number of carbonyl (C=O) groups is 1. The fourth-order valence-corrected chi connectivity index (χ4v) is 2.88. The summed E-state index contributed by atoms with van der Waals surface area (Å²) in [6.07, 6.45) is 3.28. The zero-order valence-electron chi connectivity index (χ0n) is 14.5. The zero-order valence-corrected chi connectivity index (χ0v) is 14.5. The van der Waals surface area contributed by atoms with Crippen molar-refractivity contribution in [3.05, 3.63) is 36.5 Å². The second kappa shape index (κ2) is 6.67. The third kappa shape index (κ3) is 3.96. The van der Waals surface area contributed by atoms with Crippen LogP contribution in [-0.2, 0) is 4.74 Å². The summed E-state index contributed by atoms with van der Waals surface area (Å²) in [5, 5.41) is 1.05. The number of hydrogen-bond donors (Lipinski definition) is 0. The van der Waals surface area contributed by atoms with E-state index in [4.69, 9.17) is 9.47 Å². The van der Waals surface area contributed by atoms with Crippen LogP contribution in [0.25, 0.3) is 10.9 Å². The van der Waals surface area contributed by atoms with Crippen LogP contribution in [0.3, 0.4) is 0 Å². The first-order valence-corrected chi connectivity index (χ1v) is 8.41. The van der Waals surface area contributed by atoms with Crippen molar-refractivity contribution in [1.29, 1.82) is 0 Å². The van der Waals surface area contributed by atoms with Gasteiger partial charge in [0.2, 0.25) is 0 Å². The molecule has 0 N–H and O–H groups in total. The molecule has 1 aliphatic rings. The highest BCUT2D eigenvalue weighted by atomic mass is 16.6. The van der Waals surface area contributed by atoms with Crippen LogP contribution >= 0.6 is 0 Å². The van der Waals surface area contributed by atoms with Crippen molar-refractivity contribution in [2.45, 2.75) is 45.3 Å². The zero-order chi connectivity index (χ0) is 17.2. The number of nitrogens with zero attached hydrogens (tertiary/aromatic N) is 2. The molecule has 2 heterocycles. The highest BCUT2D eigenvalue weighted by Crippen LogP contribution is 2.26. The van der Waals surface area contributed by atoms with E-state index in [-0.39, 0.29) is 12.2 Å². The lowest BCUT2D eigenvalue weighted by molar-refractivity contribution is 0.00792. The molecule has 1 unspecified atom stereocenters. The Hall–Kier alpha value is -2.30. The van der Waals surface area contributed by atoms with Crippen molar-refractivity contribution < 1.29 is 14.3 Å². The van der Waals surface area contributed by atoms with Crippen LogP contribution < -0.4 is 4.74 Å².